The number of aromatic nitrogens is 2. The van der Waals surface area contributed by atoms with Gasteiger partial charge in [0, 0.05) is 12.1 Å². The maximum absolute atomic E-state index is 13.1. The lowest BCUT2D eigenvalue weighted by Crippen LogP contribution is -2.25. The lowest BCUT2D eigenvalue weighted by molar-refractivity contribution is -0.384. The molecule has 4 aromatic rings. The van der Waals surface area contributed by atoms with Crippen molar-refractivity contribution >= 4 is 16.7 Å². The Kier molecular flexibility index (Phi) is 4.30. The first kappa shape index (κ1) is 16.8. The standard InChI is InChI=1S/C21H17N3O3/c25-21-22(14-16-7-3-1-4-8-16)19-12-11-18(24(26)27)13-20(19)23(21)15-17-9-5-2-6-10-17/h1-13H,14-15H2. The van der Waals surface area contributed by atoms with Crippen molar-refractivity contribution in [2.24, 2.45) is 0 Å². The van der Waals surface area contributed by atoms with E-state index in [0.717, 1.165) is 11.1 Å². The first-order valence-electron chi connectivity index (χ1n) is 8.59. The molecule has 1 aromatic heterocycles. The van der Waals surface area contributed by atoms with Gasteiger partial charge in [0.05, 0.1) is 29.0 Å². The van der Waals surface area contributed by atoms with Crippen LogP contribution in [0, 0.1) is 10.1 Å². The molecule has 0 saturated heterocycles. The summed E-state index contributed by atoms with van der Waals surface area (Å²) >= 11 is 0. The van der Waals surface area contributed by atoms with E-state index in [0.29, 0.717) is 24.1 Å². The Morgan fingerprint density at radius 1 is 0.741 bits per heavy atom. The predicted molar refractivity (Wildman–Crippen MR) is 104 cm³/mol. The molecule has 0 saturated carbocycles. The van der Waals surface area contributed by atoms with Gasteiger partial charge in [-0.2, -0.15) is 0 Å². The summed E-state index contributed by atoms with van der Waals surface area (Å²) in [5.41, 5.74) is 3.00. The summed E-state index contributed by atoms with van der Waals surface area (Å²) in [5, 5.41) is 11.2. The summed E-state index contributed by atoms with van der Waals surface area (Å²) in [6, 6.07) is 23.9. The molecule has 3 aromatic carbocycles. The SMILES string of the molecule is O=c1n(Cc2ccccc2)c2ccc([N+](=O)[O-])cc2n1Cc1ccccc1. The molecule has 0 bridgehead atoms. The highest BCUT2D eigenvalue weighted by Crippen LogP contribution is 2.22. The van der Waals surface area contributed by atoms with Gasteiger partial charge in [-0.15, -0.1) is 0 Å². The monoisotopic (exact) mass is 359 g/mol. The second kappa shape index (κ2) is 6.92. The number of hydrogen-bond acceptors (Lipinski definition) is 3. The van der Waals surface area contributed by atoms with Crippen molar-refractivity contribution in [3.05, 3.63) is 111 Å². The van der Waals surface area contributed by atoms with Crippen molar-refractivity contribution in [3.8, 4) is 0 Å². The van der Waals surface area contributed by atoms with E-state index in [9.17, 15) is 14.9 Å². The summed E-state index contributed by atoms with van der Waals surface area (Å²) in [6.45, 7) is 0.773. The van der Waals surface area contributed by atoms with E-state index in [2.05, 4.69) is 0 Å². The van der Waals surface area contributed by atoms with E-state index in [4.69, 9.17) is 0 Å². The molecule has 0 spiro atoms. The smallest absolute Gasteiger partial charge is 0.287 e. The molecule has 0 amide bonds. The molecular formula is C21H17N3O3. The minimum Gasteiger partial charge on any atom is -0.287 e. The van der Waals surface area contributed by atoms with Crippen LogP contribution >= 0.6 is 0 Å². The average Bonchev–Trinajstić information content (AvgIpc) is 2.95. The second-order valence-corrected chi connectivity index (χ2v) is 6.36. The number of nitro benzene ring substituents is 1. The zero-order valence-corrected chi connectivity index (χ0v) is 14.5. The van der Waals surface area contributed by atoms with Gasteiger partial charge in [0.25, 0.3) is 5.69 Å². The quantitative estimate of drug-likeness (QED) is 0.402. The van der Waals surface area contributed by atoms with Gasteiger partial charge >= 0.3 is 5.69 Å². The molecule has 6 nitrogen and oxygen atoms in total. The summed E-state index contributed by atoms with van der Waals surface area (Å²) in [6.07, 6.45) is 0. The predicted octanol–water partition coefficient (Wildman–Crippen LogP) is 3.81. The summed E-state index contributed by atoms with van der Waals surface area (Å²) in [4.78, 5) is 23.9. The van der Waals surface area contributed by atoms with Crippen molar-refractivity contribution in [1.82, 2.24) is 9.13 Å². The van der Waals surface area contributed by atoms with Crippen LogP contribution in [0.1, 0.15) is 11.1 Å². The molecule has 0 N–H and O–H groups in total. The van der Waals surface area contributed by atoms with E-state index in [1.807, 2.05) is 60.7 Å². The van der Waals surface area contributed by atoms with Gasteiger partial charge in [-0.1, -0.05) is 60.7 Å². The van der Waals surface area contributed by atoms with Crippen molar-refractivity contribution < 1.29 is 4.92 Å². The maximum Gasteiger partial charge on any atom is 0.329 e. The van der Waals surface area contributed by atoms with Crippen LogP contribution in [0.25, 0.3) is 11.0 Å². The molecule has 0 aliphatic carbocycles. The van der Waals surface area contributed by atoms with Crippen LogP contribution in [0.3, 0.4) is 0 Å². The van der Waals surface area contributed by atoms with Crippen molar-refractivity contribution in [1.29, 1.82) is 0 Å². The van der Waals surface area contributed by atoms with Gasteiger partial charge in [0.1, 0.15) is 0 Å². The largest absolute Gasteiger partial charge is 0.329 e. The van der Waals surface area contributed by atoms with Gasteiger partial charge in [-0.25, -0.2) is 4.79 Å². The molecule has 6 heteroatoms. The molecule has 1 heterocycles. The summed E-state index contributed by atoms with van der Waals surface area (Å²) in [5.74, 6) is 0. The van der Waals surface area contributed by atoms with Crippen LogP contribution < -0.4 is 5.69 Å². The van der Waals surface area contributed by atoms with Crippen LogP contribution in [-0.2, 0) is 13.1 Å². The number of nitro groups is 1. The molecule has 0 atom stereocenters. The number of nitrogens with zero attached hydrogens (tertiary/aromatic N) is 3. The summed E-state index contributed by atoms with van der Waals surface area (Å²) < 4.78 is 3.26. The van der Waals surface area contributed by atoms with Crippen LogP contribution in [0.5, 0.6) is 0 Å². The highest BCUT2D eigenvalue weighted by atomic mass is 16.6. The highest BCUT2D eigenvalue weighted by Gasteiger charge is 2.17. The Bertz CT molecular complexity index is 1160. The lowest BCUT2D eigenvalue weighted by atomic mass is 10.2. The Labute approximate surface area is 155 Å². The molecule has 27 heavy (non-hydrogen) atoms. The van der Waals surface area contributed by atoms with E-state index in [1.54, 1.807) is 15.2 Å². The third-order valence-electron chi connectivity index (χ3n) is 4.58. The van der Waals surface area contributed by atoms with Crippen molar-refractivity contribution in [2.75, 3.05) is 0 Å². The van der Waals surface area contributed by atoms with Gasteiger partial charge in [0.15, 0.2) is 0 Å². The molecule has 0 fully saturated rings. The minimum atomic E-state index is -0.439. The second-order valence-electron chi connectivity index (χ2n) is 6.36. The lowest BCUT2D eigenvalue weighted by Gasteiger charge is -2.04. The first-order chi connectivity index (χ1) is 13.1. The van der Waals surface area contributed by atoms with Crippen LogP contribution in [0.2, 0.25) is 0 Å². The number of fused-ring (bicyclic) bond motifs is 1. The number of hydrogen-bond donors (Lipinski definition) is 0. The molecule has 0 unspecified atom stereocenters. The number of rotatable bonds is 5. The zero-order valence-electron chi connectivity index (χ0n) is 14.5. The van der Waals surface area contributed by atoms with E-state index in [-0.39, 0.29) is 11.4 Å². The van der Waals surface area contributed by atoms with E-state index >= 15 is 0 Å². The van der Waals surface area contributed by atoms with Crippen LogP contribution in [-0.4, -0.2) is 14.1 Å². The highest BCUT2D eigenvalue weighted by molar-refractivity contribution is 5.79. The maximum atomic E-state index is 13.1. The fourth-order valence-corrected chi connectivity index (χ4v) is 3.26. The molecule has 0 aliphatic heterocycles. The Morgan fingerprint density at radius 3 is 1.78 bits per heavy atom. The number of benzene rings is 3. The molecular weight excluding hydrogens is 342 g/mol. The third-order valence-corrected chi connectivity index (χ3v) is 4.58. The Hall–Kier alpha value is -3.67. The van der Waals surface area contributed by atoms with Crippen molar-refractivity contribution in [3.63, 3.8) is 0 Å². The molecule has 4 rings (SSSR count). The fraction of sp³-hybridized carbons (Fsp3) is 0.0952. The minimum absolute atomic E-state index is 0.0267. The van der Waals surface area contributed by atoms with Crippen molar-refractivity contribution in [2.45, 2.75) is 13.1 Å². The van der Waals surface area contributed by atoms with Gasteiger partial charge < -0.3 is 0 Å². The fourth-order valence-electron chi connectivity index (χ4n) is 3.26. The first-order valence-corrected chi connectivity index (χ1v) is 8.59. The average molecular weight is 359 g/mol. The summed E-state index contributed by atoms with van der Waals surface area (Å²) in [7, 11) is 0. The Morgan fingerprint density at radius 2 is 1.26 bits per heavy atom. The van der Waals surface area contributed by atoms with E-state index < -0.39 is 4.92 Å². The molecule has 134 valence electrons. The molecule has 0 aliphatic rings. The van der Waals surface area contributed by atoms with Gasteiger partial charge in [0.2, 0.25) is 0 Å². The van der Waals surface area contributed by atoms with Crippen LogP contribution in [0.4, 0.5) is 5.69 Å². The zero-order chi connectivity index (χ0) is 18.8. The Balaban J connectivity index is 1.89. The molecule has 0 radical (unpaired) electrons. The van der Waals surface area contributed by atoms with Gasteiger partial charge in [-0.3, -0.25) is 19.2 Å². The normalized spacial score (nSPS) is 11.0. The van der Waals surface area contributed by atoms with E-state index in [1.165, 1.54) is 12.1 Å². The third kappa shape index (κ3) is 3.25. The number of imidazole rings is 1. The van der Waals surface area contributed by atoms with Crippen LogP contribution in [0.15, 0.2) is 83.7 Å². The number of non-ortho nitro benzene ring substituents is 1. The van der Waals surface area contributed by atoms with Gasteiger partial charge in [-0.05, 0) is 17.2 Å². The topological polar surface area (TPSA) is 70.1 Å².